The van der Waals surface area contributed by atoms with Crippen molar-refractivity contribution in [1.82, 2.24) is 15.5 Å². The average molecular weight is 321 g/mol. The number of carbonyl (C=O) groups is 1. The van der Waals surface area contributed by atoms with E-state index in [1.54, 1.807) is 6.07 Å². The average Bonchev–Trinajstić information content (AvgIpc) is 3.05. The second-order valence-electron chi connectivity index (χ2n) is 3.91. The number of amides is 1. The zero-order chi connectivity index (χ0) is 15.3. The minimum atomic E-state index is -4.45. The Morgan fingerprint density at radius 1 is 1.48 bits per heavy atom. The fraction of sp³-hybridized carbons (Fsp3) is 0.364. The van der Waals surface area contributed by atoms with E-state index in [-0.39, 0.29) is 12.4 Å². The first-order chi connectivity index (χ1) is 9.94. The quantitative estimate of drug-likeness (QED) is 0.880. The molecule has 21 heavy (non-hydrogen) atoms. The van der Waals surface area contributed by atoms with E-state index in [0.717, 1.165) is 5.56 Å². The Bertz CT molecular complexity index is 583. The maximum atomic E-state index is 11.8. The van der Waals surface area contributed by atoms with Crippen molar-refractivity contribution in [2.75, 3.05) is 13.2 Å². The van der Waals surface area contributed by atoms with Crippen LogP contribution in [-0.4, -0.2) is 35.4 Å². The van der Waals surface area contributed by atoms with Gasteiger partial charge < -0.3 is 14.6 Å². The summed E-state index contributed by atoms with van der Waals surface area (Å²) < 4.78 is 44.6. The second-order valence-corrected chi connectivity index (χ2v) is 4.69. The van der Waals surface area contributed by atoms with Crippen molar-refractivity contribution < 1.29 is 27.2 Å². The highest BCUT2D eigenvalue weighted by Crippen LogP contribution is 2.19. The third-order valence-corrected chi connectivity index (χ3v) is 2.86. The summed E-state index contributed by atoms with van der Waals surface area (Å²) in [4.78, 5) is 15.3. The smallest absolute Gasteiger partial charge is 0.362 e. The SMILES string of the molecule is O=C(COCC(F)(F)F)NCc1noc(-c2ccsc2)n1. The zero-order valence-electron chi connectivity index (χ0n) is 10.5. The topological polar surface area (TPSA) is 77.2 Å². The Kier molecular flexibility index (Phi) is 4.91. The van der Waals surface area contributed by atoms with Crippen molar-refractivity contribution in [2.45, 2.75) is 12.7 Å². The van der Waals surface area contributed by atoms with E-state index in [4.69, 9.17) is 4.52 Å². The van der Waals surface area contributed by atoms with Gasteiger partial charge in [-0.1, -0.05) is 5.16 Å². The second kappa shape index (κ2) is 6.68. The molecule has 0 spiro atoms. The van der Waals surface area contributed by atoms with Crippen LogP contribution in [0.2, 0.25) is 0 Å². The molecule has 0 fully saturated rings. The Balaban J connectivity index is 1.74. The van der Waals surface area contributed by atoms with Crippen molar-refractivity contribution in [3.05, 3.63) is 22.7 Å². The van der Waals surface area contributed by atoms with Crippen LogP contribution in [0.25, 0.3) is 11.5 Å². The standard InChI is InChI=1S/C11H10F3N3O3S/c12-11(13,14)6-19-4-9(18)15-3-8-16-10(20-17-8)7-1-2-21-5-7/h1-2,5H,3-4,6H2,(H,15,18). The van der Waals surface area contributed by atoms with Gasteiger partial charge in [0.1, 0.15) is 13.2 Å². The van der Waals surface area contributed by atoms with Gasteiger partial charge in [-0.15, -0.1) is 0 Å². The van der Waals surface area contributed by atoms with Gasteiger partial charge in [-0.25, -0.2) is 0 Å². The summed E-state index contributed by atoms with van der Waals surface area (Å²) in [6.07, 6.45) is -4.45. The lowest BCUT2D eigenvalue weighted by molar-refractivity contribution is -0.175. The number of aromatic nitrogens is 2. The van der Waals surface area contributed by atoms with Gasteiger partial charge in [-0.05, 0) is 11.4 Å². The summed E-state index contributed by atoms with van der Waals surface area (Å²) in [5.74, 6) is -0.157. The third-order valence-electron chi connectivity index (χ3n) is 2.18. The molecule has 0 saturated carbocycles. The van der Waals surface area contributed by atoms with E-state index < -0.39 is 25.3 Å². The molecule has 2 aromatic heterocycles. The third kappa shape index (κ3) is 5.16. The van der Waals surface area contributed by atoms with Crippen LogP contribution in [0, 0.1) is 0 Å². The maximum absolute atomic E-state index is 11.8. The number of nitrogens with zero attached hydrogens (tertiary/aromatic N) is 2. The van der Waals surface area contributed by atoms with Gasteiger partial charge in [0.25, 0.3) is 5.89 Å². The largest absolute Gasteiger partial charge is 0.411 e. The Morgan fingerprint density at radius 2 is 2.29 bits per heavy atom. The van der Waals surface area contributed by atoms with Crippen LogP contribution in [0.15, 0.2) is 21.3 Å². The van der Waals surface area contributed by atoms with E-state index in [9.17, 15) is 18.0 Å². The van der Waals surface area contributed by atoms with Crippen molar-refractivity contribution in [3.8, 4) is 11.5 Å². The van der Waals surface area contributed by atoms with Crippen LogP contribution < -0.4 is 5.32 Å². The molecule has 0 bridgehead atoms. The minimum absolute atomic E-state index is 0.0537. The predicted octanol–water partition coefficient (Wildman–Crippen LogP) is 1.99. The summed E-state index contributed by atoms with van der Waals surface area (Å²) >= 11 is 1.47. The Hall–Kier alpha value is -1.94. The number of carbonyl (C=O) groups excluding carboxylic acids is 1. The highest BCUT2D eigenvalue weighted by Gasteiger charge is 2.27. The summed E-state index contributed by atoms with van der Waals surface area (Å²) in [5.41, 5.74) is 0.763. The first kappa shape index (κ1) is 15.4. The molecule has 1 N–H and O–H groups in total. The molecule has 1 amide bonds. The van der Waals surface area contributed by atoms with Crippen molar-refractivity contribution in [1.29, 1.82) is 0 Å². The molecule has 10 heteroatoms. The van der Waals surface area contributed by atoms with E-state index in [0.29, 0.717) is 5.89 Å². The van der Waals surface area contributed by atoms with Crippen LogP contribution >= 0.6 is 11.3 Å². The van der Waals surface area contributed by atoms with Gasteiger partial charge >= 0.3 is 6.18 Å². The lowest BCUT2D eigenvalue weighted by atomic mass is 10.3. The fourth-order valence-corrected chi connectivity index (χ4v) is 1.95. The number of thiophene rings is 1. The highest BCUT2D eigenvalue weighted by molar-refractivity contribution is 7.08. The molecule has 0 saturated heterocycles. The van der Waals surface area contributed by atoms with Crippen LogP contribution in [0.1, 0.15) is 5.82 Å². The number of hydrogen-bond acceptors (Lipinski definition) is 6. The molecule has 0 aliphatic carbocycles. The lowest BCUT2D eigenvalue weighted by Crippen LogP contribution is -2.29. The number of alkyl halides is 3. The first-order valence-corrected chi connectivity index (χ1v) is 6.65. The molecule has 0 aliphatic rings. The lowest BCUT2D eigenvalue weighted by Gasteiger charge is -2.07. The number of ether oxygens (including phenoxy) is 1. The van der Waals surface area contributed by atoms with Crippen LogP contribution in [0.5, 0.6) is 0 Å². The Morgan fingerprint density at radius 3 is 2.95 bits per heavy atom. The summed E-state index contributed by atoms with van der Waals surface area (Å²) in [6, 6.07) is 1.80. The highest BCUT2D eigenvalue weighted by atomic mass is 32.1. The zero-order valence-corrected chi connectivity index (χ0v) is 11.3. The summed E-state index contributed by atoms with van der Waals surface area (Å²) in [5, 5.41) is 9.64. The van der Waals surface area contributed by atoms with Gasteiger partial charge in [0, 0.05) is 5.38 Å². The van der Waals surface area contributed by atoms with Crippen molar-refractivity contribution >= 4 is 17.2 Å². The van der Waals surface area contributed by atoms with Gasteiger partial charge in [0.15, 0.2) is 5.82 Å². The van der Waals surface area contributed by atoms with Crippen LogP contribution in [-0.2, 0) is 16.1 Å². The predicted molar refractivity (Wildman–Crippen MR) is 66.3 cm³/mol. The van der Waals surface area contributed by atoms with E-state index in [1.165, 1.54) is 11.3 Å². The van der Waals surface area contributed by atoms with E-state index in [1.807, 2.05) is 10.8 Å². The number of rotatable bonds is 6. The normalized spacial score (nSPS) is 11.6. The molecular formula is C11H10F3N3O3S. The molecule has 2 rings (SSSR count). The minimum Gasteiger partial charge on any atom is -0.362 e. The van der Waals surface area contributed by atoms with Crippen LogP contribution in [0.4, 0.5) is 13.2 Å². The molecule has 0 aromatic carbocycles. The summed E-state index contributed by atoms with van der Waals surface area (Å²) in [7, 11) is 0. The fourth-order valence-electron chi connectivity index (χ4n) is 1.32. The van der Waals surface area contributed by atoms with Gasteiger partial charge in [-0.2, -0.15) is 29.5 Å². The number of nitrogens with one attached hydrogen (secondary N) is 1. The Labute approximate surface area is 120 Å². The molecule has 114 valence electrons. The number of halogens is 3. The monoisotopic (exact) mass is 321 g/mol. The maximum Gasteiger partial charge on any atom is 0.411 e. The van der Waals surface area contributed by atoms with E-state index >= 15 is 0 Å². The molecule has 2 aromatic rings. The van der Waals surface area contributed by atoms with Gasteiger partial charge in [-0.3, -0.25) is 4.79 Å². The van der Waals surface area contributed by atoms with Crippen molar-refractivity contribution in [3.63, 3.8) is 0 Å². The molecule has 0 aliphatic heterocycles. The molecule has 0 radical (unpaired) electrons. The molecular weight excluding hydrogens is 311 g/mol. The van der Waals surface area contributed by atoms with Gasteiger partial charge in [0.05, 0.1) is 12.1 Å². The molecule has 2 heterocycles. The first-order valence-electron chi connectivity index (χ1n) is 5.70. The molecule has 0 atom stereocenters. The van der Waals surface area contributed by atoms with Crippen LogP contribution in [0.3, 0.4) is 0 Å². The molecule has 0 unspecified atom stereocenters. The molecule has 6 nitrogen and oxygen atoms in total. The van der Waals surface area contributed by atoms with E-state index in [2.05, 4.69) is 20.2 Å². The van der Waals surface area contributed by atoms with Gasteiger partial charge in [0.2, 0.25) is 5.91 Å². The summed E-state index contributed by atoms with van der Waals surface area (Å²) in [6.45, 7) is -2.21. The van der Waals surface area contributed by atoms with Crippen molar-refractivity contribution in [2.24, 2.45) is 0 Å². The number of hydrogen-bond donors (Lipinski definition) is 1.